The summed E-state index contributed by atoms with van der Waals surface area (Å²) in [6, 6.07) is 14.3. The molecule has 1 aliphatic rings. The summed E-state index contributed by atoms with van der Waals surface area (Å²) in [4.78, 5) is 20.6. The lowest BCUT2D eigenvalue weighted by Crippen LogP contribution is -2.24. The van der Waals surface area contributed by atoms with Gasteiger partial charge >= 0.3 is 0 Å². The maximum Gasteiger partial charge on any atom is 0.229 e. The first kappa shape index (κ1) is 23.4. The third-order valence-corrected chi connectivity index (χ3v) is 5.23. The van der Waals surface area contributed by atoms with Crippen molar-refractivity contribution in [2.24, 2.45) is 5.92 Å². The number of carbonyl (C=O) groups is 1. The van der Waals surface area contributed by atoms with E-state index in [4.69, 9.17) is 9.47 Å². The molecule has 34 heavy (non-hydrogen) atoms. The van der Waals surface area contributed by atoms with E-state index in [1.54, 1.807) is 31.4 Å². The summed E-state index contributed by atoms with van der Waals surface area (Å²) in [7, 11) is 1.62. The topological polar surface area (TPSA) is 109 Å². The number of rotatable bonds is 10. The van der Waals surface area contributed by atoms with Crippen LogP contribution in [0.25, 0.3) is 0 Å². The van der Waals surface area contributed by atoms with E-state index in [1.807, 2.05) is 24.3 Å². The predicted molar refractivity (Wildman–Crippen MR) is 128 cm³/mol. The molecule has 1 aliphatic heterocycles. The molecule has 0 bridgehead atoms. The molecule has 1 saturated heterocycles. The van der Waals surface area contributed by atoms with Crippen LogP contribution in [0, 0.1) is 11.7 Å². The average Bonchev–Trinajstić information content (AvgIpc) is 3.38. The van der Waals surface area contributed by atoms with Crippen LogP contribution in [0.4, 0.5) is 33.2 Å². The quantitative estimate of drug-likeness (QED) is 0.335. The molecule has 2 aromatic carbocycles. The lowest BCUT2D eigenvalue weighted by atomic mass is 10.1. The highest BCUT2D eigenvalue weighted by Crippen LogP contribution is 2.24. The molecule has 2 heterocycles. The molecule has 0 saturated carbocycles. The van der Waals surface area contributed by atoms with Crippen LogP contribution in [-0.4, -0.2) is 49.3 Å². The Morgan fingerprint density at radius 1 is 1.12 bits per heavy atom. The van der Waals surface area contributed by atoms with Crippen molar-refractivity contribution in [1.82, 2.24) is 15.3 Å². The number of methoxy groups -OCH3 is 1. The Bertz CT molecular complexity index is 1110. The number of hydrogen-bond acceptors (Lipinski definition) is 8. The second-order valence-corrected chi connectivity index (χ2v) is 7.77. The maximum absolute atomic E-state index is 14.4. The van der Waals surface area contributed by atoms with Crippen LogP contribution in [0.5, 0.6) is 5.75 Å². The van der Waals surface area contributed by atoms with Crippen LogP contribution in [0.1, 0.15) is 6.42 Å². The summed E-state index contributed by atoms with van der Waals surface area (Å²) < 4.78 is 24.9. The van der Waals surface area contributed by atoms with Crippen LogP contribution in [-0.2, 0) is 9.53 Å². The van der Waals surface area contributed by atoms with Gasteiger partial charge < -0.3 is 30.7 Å². The van der Waals surface area contributed by atoms with E-state index in [9.17, 15) is 9.18 Å². The Kier molecular flexibility index (Phi) is 7.84. The molecule has 4 rings (SSSR count). The number of hydrogen-bond donors (Lipinski definition) is 4. The molecular formula is C24H27FN6O3. The molecule has 178 valence electrons. The van der Waals surface area contributed by atoms with Crippen molar-refractivity contribution in [3.8, 4) is 5.75 Å². The molecule has 10 heteroatoms. The third-order valence-electron chi connectivity index (χ3n) is 5.23. The lowest BCUT2D eigenvalue weighted by Gasteiger charge is -2.13. The van der Waals surface area contributed by atoms with Crippen molar-refractivity contribution in [2.45, 2.75) is 6.42 Å². The number of benzene rings is 2. The van der Waals surface area contributed by atoms with Gasteiger partial charge in [0.05, 0.1) is 18.7 Å². The highest BCUT2D eigenvalue weighted by Gasteiger charge is 2.22. The number of halogens is 1. The van der Waals surface area contributed by atoms with Crippen molar-refractivity contribution in [3.05, 3.63) is 60.5 Å². The smallest absolute Gasteiger partial charge is 0.229 e. The van der Waals surface area contributed by atoms with E-state index in [0.717, 1.165) is 24.8 Å². The molecule has 4 N–H and O–H groups in total. The minimum absolute atomic E-state index is 0.0143. The van der Waals surface area contributed by atoms with Crippen LogP contribution >= 0.6 is 0 Å². The van der Waals surface area contributed by atoms with Gasteiger partial charge in [0.15, 0.2) is 11.6 Å². The normalized spacial score (nSPS) is 15.1. The van der Waals surface area contributed by atoms with Gasteiger partial charge in [-0.2, -0.15) is 4.98 Å². The summed E-state index contributed by atoms with van der Waals surface area (Å²) in [5.74, 6) is 0.281. The van der Waals surface area contributed by atoms with E-state index < -0.39 is 5.82 Å². The minimum atomic E-state index is -0.598. The Labute approximate surface area is 197 Å². The summed E-state index contributed by atoms with van der Waals surface area (Å²) in [6.45, 7) is 2.49. The number of nitrogens with zero attached hydrogens (tertiary/aromatic N) is 2. The SMILES string of the molecule is COCCOc1ccc(Nc2ncc(F)c(Nc3cccc(NC(=O)C4CCNC4)c3)n2)cc1. The number of aromatic nitrogens is 2. The first-order chi connectivity index (χ1) is 16.6. The van der Waals surface area contributed by atoms with Crippen LogP contribution in [0.3, 0.4) is 0 Å². The first-order valence-corrected chi connectivity index (χ1v) is 11.0. The van der Waals surface area contributed by atoms with Gasteiger partial charge in [0.2, 0.25) is 11.9 Å². The van der Waals surface area contributed by atoms with E-state index in [-0.39, 0.29) is 23.6 Å². The van der Waals surface area contributed by atoms with Gasteiger partial charge in [-0.15, -0.1) is 0 Å². The second-order valence-electron chi connectivity index (χ2n) is 7.77. The summed E-state index contributed by atoms with van der Waals surface area (Å²) in [5, 5.41) is 12.1. The standard InChI is InChI=1S/C24H27FN6O3/c1-33-11-12-34-20-7-5-17(6-8-20)30-24-27-15-21(25)22(31-24)28-18-3-2-4-19(13-18)29-23(32)16-9-10-26-14-16/h2-8,13,15-16,26H,9-12,14H2,1H3,(H,29,32)(H2,27,28,30,31). The van der Waals surface area contributed by atoms with Gasteiger partial charge in [0, 0.05) is 30.7 Å². The highest BCUT2D eigenvalue weighted by molar-refractivity contribution is 5.93. The van der Waals surface area contributed by atoms with E-state index in [0.29, 0.717) is 36.9 Å². The number of ether oxygens (including phenoxy) is 2. The van der Waals surface area contributed by atoms with Gasteiger partial charge in [-0.25, -0.2) is 9.37 Å². The fourth-order valence-corrected chi connectivity index (χ4v) is 3.46. The first-order valence-electron chi connectivity index (χ1n) is 11.0. The molecule has 1 unspecified atom stereocenters. The fourth-order valence-electron chi connectivity index (χ4n) is 3.46. The molecule has 0 spiro atoms. The highest BCUT2D eigenvalue weighted by atomic mass is 19.1. The fraction of sp³-hybridized carbons (Fsp3) is 0.292. The molecule has 1 aromatic heterocycles. The summed E-state index contributed by atoms with van der Waals surface area (Å²) >= 11 is 0. The Hall–Kier alpha value is -3.76. The van der Waals surface area contributed by atoms with E-state index >= 15 is 0 Å². The molecule has 3 aromatic rings. The largest absolute Gasteiger partial charge is 0.491 e. The van der Waals surface area contributed by atoms with Crippen LogP contribution < -0.4 is 26.0 Å². The van der Waals surface area contributed by atoms with Crippen LogP contribution in [0.2, 0.25) is 0 Å². The number of anilines is 5. The second kappa shape index (κ2) is 11.4. The van der Waals surface area contributed by atoms with Crippen molar-refractivity contribution >= 4 is 34.7 Å². The summed E-state index contributed by atoms with van der Waals surface area (Å²) in [5.41, 5.74) is 1.94. The maximum atomic E-state index is 14.4. The number of nitrogens with one attached hydrogen (secondary N) is 4. The third kappa shape index (κ3) is 6.40. The molecule has 1 amide bonds. The van der Waals surface area contributed by atoms with Gasteiger partial charge in [-0.05, 0) is 55.4 Å². The van der Waals surface area contributed by atoms with Gasteiger partial charge in [0.25, 0.3) is 0 Å². The van der Waals surface area contributed by atoms with Gasteiger partial charge in [0.1, 0.15) is 12.4 Å². The molecule has 0 radical (unpaired) electrons. The lowest BCUT2D eigenvalue weighted by molar-refractivity contribution is -0.119. The molecular weight excluding hydrogens is 439 g/mol. The Balaban J connectivity index is 1.40. The Morgan fingerprint density at radius 3 is 2.71 bits per heavy atom. The van der Waals surface area contributed by atoms with Crippen molar-refractivity contribution in [1.29, 1.82) is 0 Å². The van der Waals surface area contributed by atoms with Gasteiger partial charge in [-0.1, -0.05) is 6.07 Å². The zero-order valence-corrected chi connectivity index (χ0v) is 18.8. The summed E-state index contributed by atoms with van der Waals surface area (Å²) in [6.07, 6.45) is 1.91. The average molecular weight is 467 g/mol. The van der Waals surface area contributed by atoms with E-state index in [2.05, 4.69) is 31.2 Å². The van der Waals surface area contributed by atoms with Crippen molar-refractivity contribution in [2.75, 3.05) is 49.4 Å². The predicted octanol–water partition coefficient (Wildman–Crippen LogP) is 3.68. The molecule has 9 nitrogen and oxygen atoms in total. The monoisotopic (exact) mass is 466 g/mol. The number of amides is 1. The zero-order valence-electron chi connectivity index (χ0n) is 18.8. The zero-order chi connectivity index (χ0) is 23.8. The molecule has 1 atom stereocenters. The van der Waals surface area contributed by atoms with Crippen LogP contribution in [0.15, 0.2) is 54.7 Å². The van der Waals surface area contributed by atoms with E-state index in [1.165, 1.54) is 0 Å². The van der Waals surface area contributed by atoms with Gasteiger partial charge in [-0.3, -0.25) is 4.79 Å². The minimum Gasteiger partial charge on any atom is -0.491 e. The van der Waals surface area contributed by atoms with Crippen molar-refractivity contribution < 1.29 is 18.7 Å². The van der Waals surface area contributed by atoms with Crippen molar-refractivity contribution in [3.63, 3.8) is 0 Å². The Morgan fingerprint density at radius 2 is 1.94 bits per heavy atom. The number of carbonyl (C=O) groups excluding carboxylic acids is 1. The molecule has 0 aliphatic carbocycles. The molecule has 1 fully saturated rings.